The molecule has 8 nitrogen and oxygen atoms in total. The molecule has 0 bridgehead atoms. The Bertz CT molecular complexity index is 738. The highest BCUT2D eigenvalue weighted by molar-refractivity contribution is 6.04. The van der Waals surface area contributed by atoms with E-state index >= 15 is 0 Å². The molecule has 2 rings (SSSR count). The number of likely N-dealkylation sites (tertiary alicyclic amines) is 1. The molecule has 2 N–H and O–H groups in total. The summed E-state index contributed by atoms with van der Waals surface area (Å²) in [4.78, 5) is 38.9. The van der Waals surface area contributed by atoms with Gasteiger partial charge in [0.2, 0.25) is 5.54 Å². The van der Waals surface area contributed by atoms with E-state index in [1.54, 1.807) is 4.90 Å². The van der Waals surface area contributed by atoms with Gasteiger partial charge in [-0.05, 0) is 51.5 Å². The van der Waals surface area contributed by atoms with Gasteiger partial charge < -0.3 is 24.8 Å². The van der Waals surface area contributed by atoms with Gasteiger partial charge in [-0.25, -0.2) is 14.4 Å². The zero-order valence-corrected chi connectivity index (χ0v) is 18.2. The van der Waals surface area contributed by atoms with Gasteiger partial charge in [-0.1, -0.05) is 30.3 Å². The third kappa shape index (κ3) is 6.45. The molecule has 166 valence electrons. The Kier molecular flexibility index (Phi) is 7.83. The lowest BCUT2D eigenvalue weighted by Gasteiger charge is -2.36. The van der Waals surface area contributed by atoms with Gasteiger partial charge in [0.1, 0.15) is 12.2 Å². The highest BCUT2D eigenvalue weighted by Gasteiger charge is 2.47. The number of esters is 2. The van der Waals surface area contributed by atoms with E-state index in [2.05, 4.69) is 0 Å². The number of hydrogen-bond acceptors (Lipinski definition) is 7. The Hall–Kier alpha value is -2.61. The smallest absolute Gasteiger partial charge is 0.410 e. The van der Waals surface area contributed by atoms with Crippen molar-refractivity contribution in [3.8, 4) is 0 Å². The van der Waals surface area contributed by atoms with E-state index in [9.17, 15) is 14.4 Å². The van der Waals surface area contributed by atoms with Crippen LogP contribution < -0.4 is 5.73 Å². The van der Waals surface area contributed by atoms with Crippen LogP contribution in [0.5, 0.6) is 0 Å². The topological polar surface area (TPSA) is 108 Å². The van der Waals surface area contributed by atoms with Crippen molar-refractivity contribution in [3.05, 3.63) is 35.9 Å². The maximum atomic E-state index is 12.7. The third-order valence-corrected chi connectivity index (χ3v) is 5.00. The zero-order chi connectivity index (χ0) is 22.4. The first-order valence-electron chi connectivity index (χ1n) is 10.1. The lowest BCUT2D eigenvalue weighted by atomic mass is 9.83. The molecule has 0 aliphatic carbocycles. The molecule has 8 heteroatoms. The fraction of sp³-hybridized carbons (Fsp3) is 0.591. The second kappa shape index (κ2) is 9.93. The summed E-state index contributed by atoms with van der Waals surface area (Å²) in [7, 11) is 1.19. The fourth-order valence-electron chi connectivity index (χ4n) is 3.39. The maximum Gasteiger partial charge on any atom is 0.410 e. The molecule has 0 spiro atoms. The number of ether oxygens (including phenoxy) is 3. The number of nitrogens with two attached hydrogens (primary N) is 1. The molecule has 1 heterocycles. The number of piperidine rings is 1. The highest BCUT2D eigenvalue weighted by atomic mass is 16.6. The van der Waals surface area contributed by atoms with Crippen molar-refractivity contribution in [3.63, 3.8) is 0 Å². The molecule has 0 unspecified atom stereocenters. The first-order chi connectivity index (χ1) is 14.0. The standard InChI is InChI=1S/C22H32N2O6/c1-21(2,3)30-20(27)24-12-10-16(11-13-24)14-22(23,18(25)28-4)19(26)29-15-17-8-6-5-7-9-17/h5-9,16H,10-15,23H2,1-4H3/t22-/m0/s1. The van der Waals surface area contributed by atoms with Crippen molar-refractivity contribution < 1.29 is 28.6 Å². The number of amides is 1. The second-order valence-electron chi connectivity index (χ2n) is 8.64. The van der Waals surface area contributed by atoms with Crippen molar-refractivity contribution in [2.75, 3.05) is 20.2 Å². The molecule has 1 atom stereocenters. The average Bonchev–Trinajstić information content (AvgIpc) is 2.71. The van der Waals surface area contributed by atoms with Crippen LogP contribution in [-0.2, 0) is 30.4 Å². The van der Waals surface area contributed by atoms with E-state index in [0.29, 0.717) is 25.9 Å². The predicted molar refractivity (Wildman–Crippen MR) is 110 cm³/mol. The molecular formula is C22H32N2O6. The number of carbonyl (C=O) groups excluding carboxylic acids is 3. The van der Waals surface area contributed by atoms with Crippen LogP contribution in [0.2, 0.25) is 0 Å². The van der Waals surface area contributed by atoms with Gasteiger partial charge in [-0.2, -0.15) is 0 Å². The largest absolute Gasteiger partial charge is 0.467 e. The minimum absolute atomic E-state index is 0.0205. The summed E-state index contributed by atoms with van der Waals surface area (Å²) in [5.74, 6) is -1.67. The predicted octanol–water partition coefficient (Wildman–Crippen LogP) is 2.64. The van der Waals surface area contributed by atoms with Gasteiger partial charge >= 0.3 is 18.0 Å². The minimum atomic E-state index is -1.89. The van der Waals surface area contributed by atoms with Crippen LogP contribution in [0.4, 0.5) is 4.79 Å². The number of hydrogen-bond donors (Lipinski definition) is 1. The lowest BCUT2D eigenvalue weighted by Crippen LogP contribution is -2.58. The summed E-state index contributed by atoms with van der Waals surface area (Å²) in [5, 5.41) is 0. The number of methoxy groups -OCH3 is 1. The Morgan fingerprint density at radius 1 is 1.07 bits per heavy atom. The SMILES string of the molecule is COC(=O)[C@@](N)(CC1CCN(C(=O)OC(C)(C)C)CC1)C(=O)OCc1ccccc1. The summed E-state index contributed by atoms with van der Waals surface area (Å²) in [5.41, 5.74) is 4.56. The Balaban J connectivity index is 1.96. The van der Waals surface area contributed by atoms with Gasteiger partial charge in [-0.3, -0.25) is 0 Å². The van der Waals surface area contributed by atoms with Crippen LogP contribution in [0.3, 0.4) is 0 Å². The van der Waals surface area contributed by atoms with Gasteiger partial charge in [0.15, 0.2) is 0 Å². The lowest BCUT2D eigenvalue weighted by molar-refractivity contribution is -0.165. The summed E-state index contributed by atoms with van der Waals surface area (Å²) in [6, 6.07) is 9.15. The summed E-state index contributed by atoms with van der Waals surface area (Å²) in [6.07, 6.45) is 0.924. The van der Waals surface area contributed by atoms with Crippen LogP contribution in [0.25, 0.3) is 0 Å². The van der Waals surface area contributed by atoms with Crippen molar-refractivity contribution in [2.24, 2.45) is 11.7 Å². The maximum absolute atomic E-state index is 12.7. The number of carbonyl (C=O) groups is 3. The highest BCUT2D eigenvalue weighted by Crippen LogP contribution is 2.28. The average molecular weight is 421 g/mol. The van der Waals surface area contributed by atoms with Gasteiger partial charge in [0.25, 0.3) is 0 Å². The number of rotatable bonds is 6. The van der Waals surface area contributed by atoms with Crippen molar-refractivity contribution in [1.29, 1.82) is 0 Å². The summed E-state index contributed by atoms with van der Waals surface area (Å²) < 4.78 is 15.5. The summed E-state index contributed by atoms with van der Waals surface area (Å²) in [6.45, 7) is 6.41. The molecule has 1 aliphatic rings. The summed E-state index contributed by atoms with van der Waals surface area (Å²) >= 11 is 0. The minimum Gasteiger partial charge on any atom is -0.467 e. The molecule has 0 aromatic heterocycles. The zero-order valence-electron chi connectivity index (χ0n) is 18.2. The van der Waals surface area contributed by atoms with E-state index in [1.807, 2.05) is 51.1 Å². The van der Waals surface area contributed by atoms with Gasteiger partial charge in [0, 0.05) is 13.1 Å². The van der Waals surface area contributed by atoms with E-state index < -0.39 is 23.1 Å². The van der Waals surface area contributed by atoms with E-state index in [4.69, 9.17) is 19.9 Å². The fourth-order valence-corrected chi connectivity index (χ4v) is 3.39. The second-order valence-corrected chi connectivity index (χ2v) is 8.64. The van der Waals surface area contributed by atoms with Crippen LogP contribution in [0, 0.1) is 5.92 Å². The molecular weight excluding hydrogens is 388 g/mol. The van der Waals surface area contributed by atoms with Crippen molar-refractivity contribution in [2.45, 2.75) is 57.8 Å². The third-order valence-electron chi connectivity index (χ3n) is 5.00. The van der Waals surface area contributed by atoms with Crippen molar-refractivity contribution in [1.82, 2.24) is 4.90 Å². The number of benzene rings is 1. The Morgan fingerprint density at radius 3 is 2.20 bits per heavy atom. The molecule has 0 radical (unpaired) electrons. The molecule has 1 aromatic rings. The van der Waals surface area contributed by atoms with E-state index in [1.165, 1.54) is 7.11 Å². The first-order valence-corrected chi connectivity index (χ1v) is 10.1. The van der Waals surface area contributed by atoms with Crippen LogP contribution in [0.1, 0.15) is 45.6 Å². The quantitative estimate of drug-likeness (QED) is 0.428. The van der Waals surface area contributed by atoms with Crippen molar-refractivity contribution >= 4 is 18.0 Å². The monoisotopic (exact) mass is 420 g/mol. The van der Waals surface area contributed by atoms with Crippen LogP contribution >= 0.6 is 0 Å². The Morgan fingerprint density at radius 2 is 1.67 bits per heavy atom. The molecule has 30 heavy (non-hydrogen) atoms. The molecule has 1 fully saturated rings. The van der Waals surface area contributed by atoms with Crippen LogP contribution in [0.15, 0.2) is 30.3 Å². The number of nitrogens with zero attached hydrogens (tertiary/aromatic N) is 1. The van der Waals surface area contributed by atoms with Gasteiger partial charge in [-0.15, -0.1) is 0 Å². The van der Waals surface area contributed by atoms with E-state index in [0.717, 1.165) is 5.56 Å². The molecule has 1 aliphatic heterocycles. The van der Waals surface area contributed by atoms with E-state index in [-0.39, 0.29) is 25.0 Å². The molecule has 0 saturated carbocycles. The molecule has 1 saturated heterocycles. The molecule has 1 amide bonds. The normalized spacial score (nSPS) is 17.0. The molecule has 1 aromatic carbocycles. The van der Waals surface area contributed by atoms with Gasteiger partial charge in [0.05, 0.1) is 7.11 Å². The first kappa shape index (κ1) is 23.7. The Labute approximate surface area is 177 Å². The van der Waals surface area contributed by atoms with Crippen LogP contribution in [-0.4, -0.2) is 54.3 Å².